The average Bonchev–Trinajstić information content (AvgIpc) is 2.36. The third kappa shape index (κ3) is 5.75. The smallest absolute Gasteiger partial charge is 0.233 e. The highest BCUT2D eigenvalue weighted by Crippen LogP contribution is 2.18. The zero-order valence-corrected chi connectivity index (χ0v) is 12.2. The van der Waals surface area contributed by atoms with Gasteiger partial charge in [0.2, 0.25) is 5.91 Å². The molecule has 106 valence electrons. The molecule has 4 heteroatoms. The highest BCUT2D eigenvalue weighted by molar-refractivity contribution is 5.77. The van der Waals surface area contributed by atoms with Crippen LogP contribution in [0.1, 0.15) is 39.3 Å². The number of amides is 1. The second kappa shape index (κ2) is 7.79. The van der Waals surface area contributed by atoms with Gasteiger partial charge in [0, 0.05) is 12.6 Å². The molecule has 0 radical (unpaired) electrons. The molecule has 1 amide bonds. The van der Waals surface area contributed by atoms with Crippen molar-refractivity contribution in [1.29, 1.82) is 0 Å². The van der Waals surface area contributed by atoms with Crippen LogP contribution in [0.15, 0.2) is 24.3 Å². The van der Waals surface area contributed by atoms with Crippen LogP contribution in [0.5, 0.6) is 5.75 Å². The van der Waals surface area contributed by atoms with Crippen molar-refractivity contribution in [2.45, 2.75) is 39.8 Å². The van der Waals surface area contributed by atoms with Gasteiger partial charge in [-0.05, 0) is 45.4 Å². The first-order chi connectivity index (χ1) is 9.02. The molecule has 0 aliphatic heterocycles. The molecule has 0 spiro atoms. The third-order valence-corrected chi connectivity index (χ3v) is 2.69. The highest BCUT2D eigenvalue weighted by atomic mass is 16.5. The Labute approximate surface area is 115 Å². The fourth-order valence-electron chi connectivity index (χ4n) is 1.73. The standard InChI is InChI=1S/C15H24N2O2/c1-5-16-15(18)10-17-12(4)13-6-8-14(9-7-13)19-11(2)3/h6-9,11-12,17H,5,10H2,1-4H3,(H,16,18). The van der Waals surface area contributed by atoms with Crippen LogP contribution in [-0.2, 0) is 4.79 Å². The van der Waals surface area contributed by atoms with Crippen molar-refractivity contribution in [3.05, 3.63) is 29.8 Å². The van der Waals surface area contributed by atoms with Gasteiger partial charge in [0.05, 0.1) is 12.6 Å². The largest absolute Gasteiger partial charge is 0.491 e. The van der Waals surface area contributed by atoms with Gasteiger partial charge >= 0.3 is 0 Å². The second-order valence-corrected chi connectivity index (χ2v) is 4.79. The van der Waals surface area contributed by atoms with Crippen molar-refractivity contribution in [2.75, 3.05) is 13.1 Å². The van der Waals surface area contributed by atoms with Crippen LogP contribution in [0.3, 0.4) is 0 Å². The predicted molar refractivity (Wildman–Crippen MR) is 77.3 cm³/mol. The molecule has 0 heterocycles. The quantitative estimate of drug-likeness (QED) is 0.794. The first-order valence-electron chi connectivity index (χ1n) is 6.79. The molecular formula is C15H24N2O2. The third-order valence-electron chi connectivity index (χ3n) is 2.69. The van der Waals surface area contributed by atoms with Gasteiger partial charge in [-0.1, -0.05) is 12.1 Å². The first kappa shape index (κ1) is 15.5. The number of nitrogens with one attached hydrogen (secondary N) is 2. The molecule has 1 aromatic rings. The lowest BCUT2D eigenvalue weighted by Gasteiger charge is -2.15. The monoisotopic (exact) mass is 264 g/mol. The van der Waals surface area contributed by atoms with Gasteiger partial charge in [0.15, 0.2) is 0 Å². The van der Waals surface area contributed by atoms with Crippen molar-refractivity contribution < 1.29 is 9.53 Å². The normalized spacial score (nSPS) is 12.3. The average molecular weight is 264 g/mol. The highest BCUT2D eigenvalue weighted by Gasteiger charge is 2.07. The number of hydrogen-bond acceptors (Lipinski definition) is 3. The summed E-state index contributed by atoms with van der Waals surface area (Å²) in [5, 5.41) is 5.95. The summed E-state index contributed by atoms with van der Waals surface area (Å²) in [5.74, 6) is 0.892. The van der Waals surface area contributed by atoms with Crippen LogP contribution in [0.25, 0.3) is 0 Å². The molecule has 19 heavy (non-hydrogen) atoms. The lowest BCUT2D eigenvalue weighted by molar-refractivity contribution is -0.120. The van der Waals surface area contributed by atoms with E-state index in [1.165, 1.54) is 0 Å². The lowest BCUT2D eigenvalue weighted by Crippen LogP contribution is -2.34. The van der Waals surface area contributed by atoms with Crippen molar-refractivity contribution in [3.63, 3.8) is 0 Å². The zero-order valence-electron chi connectivity index (χ0n) is 12.2. The molecule has 0 saturated heterocycles. The van der Waals surface area contributed by atoms with E-state index in [1.807, 2.05) is 52.0 Å². The van der Waals surface area contributed by atoms with Crippen molar-refractivity contribution >= 4 is 5.91 Å². The maximum absolute atomic E-state index is 11.4. The summed E-state index contributed by atoms with van der Waals surface area (Å²) in [6, 6.07) is 8.09. The number of rotatable bonds is 7. The minimum Gasteiger partial charge on any atom is -0.491 e. The molecule has 0 fully saturated rings. The fourth-order valence-corrected chi connectivity index (χ4v) is 1.73. The summed E-state index contributed by atoms with van der Waals surface area (Å²) in [5.41, 5.74) is 1.14. The van der Waals surface area contributed by atoms with Crippen molar-refractivity contribution in [1.82, 2.24) is 10.6 Å². The molecule has 1 rings (SSSR count). The Hall–Kier alpha value is -1.55. The molecule has 1 unspecified atom stereocenters. The fraction of sp³-hybridized carbons (Fsp3) is 0.533. The Balaban J connectivity index is 2.48. The Morgan fingerprint density at radius 1 is 1.21 bits per heavy atom. The van der Waals surface area contributed by atoms with E-state index in [2.05, 4.69) is 10.6 Å². The molecule has 0 bridgehead atoms. The number of carbonyl (C=O) groups excluding carboxylic acids is 1. The molecule has 1 atom stereocenters. The van der Waals surface area contributed by atoms with Crippen LogP contribution in [0.2, 0.25) is 0 Å². The van der Waals surface area contributed by atoms with Crippen LogP contribution < -0.4 is 15.4 Å². The second-order valence-electron chi connectivity index (χ2n) is 4.79. The molecule has 1 aromatic carbocycles. The van der Waals surface area contributed by atoms with E-state index in [0.717, 1.165) is 11.3 Å². The minimum atomic E-state index is 0.0223. The zero-order chi connectivity index (χ0) is 14.3. The van der Waals surface area contributed by atoms with Gasteiger partial charge in [-0.3, -0.25) is 4.79 Å². The van der Waals surface area contributed by atoms with E-state index >= 15 is 0 Å². The SMILES string of the molecule is CCNC(=O)CNC(C)c1ccc(OC(C)C)cc1. The number of benzene rings is 1. The maximum atomic E-state index is 11.4. The molecule has 0 aliphatic rings. The molecular weight excluding hydrogens is 240 g/mol. The molecule has 4 nitrogen and oxygen atoms in total. The molecule has 0 aliphatic carbocycles. The molecule has 0 saturated carbocycles. The number of hydrogen-bond donors (Lipinski definition) is 2. The summed E-state index contributed by atoms with van der Waals surface area (Å²) in [6.07, 6.45) is 0.180. The van der Waals surface area contributed by atoms with E-state index in [4.69, 9.17) is 4.74 Å². The lowest BCUT2D eigenvalue weighted by atomic mass is 10.1. The minimum absolute atomic E-state index is 0.0223. The summed E-state index contributed by atoms with van der Waals surface area (Å²) >= 11 is 0. The number of carbonyl (C=O) groups is 1. The first-order valence-corrected chi connectivity index (χ1v) is 6.79. The topological polar surface area (TPSA) is 50.4 Å². The van der Waals surface area contributed by atoms with Crippen LogP contribution >= 0.6 is 0 Å². The Bertz CT molecular complexity index is 388. The van der Waals surface area contributed by atoms with E-state index in [9.17, 15) is 4.79 Å². The summed E-state index contributed by atoms with van der Waals surface area (Å²) in [7, 11) is 0. The van der Waals surface area contributed by atoms with Gasteiger partial charge in [-0.2, -0.15) is 0 Å². The Kier molecular flexibility index (Phi) is 6.36. The van der Waals surface area contributed by atoms with E-state index in [1.54, 1.807) is 0 Å². The van der Waals surface area contributed by atoms with E-state index < -0.39 is 0 Å². The number of likely N-dealkylation sites (N-methyl/N-ethyl adjacent to an activating group) is 1. The van der Waals surface area contributed by atoms with Crippen LogP contribution in [0, 0.1) is 0 Å². The van der Waals surface area contributed by atoms with Gasteiger partial charge in [0.1, 0.15) is 5.75 Å². The summed E-state index contributed by atoms with van der Waals surface area (Å²) in [4.78, 5) is 11.4. The maximum Gasteiger partial charge on any atom is 0.233 e. The van der Waals surface area contributed by atoms with Crippen molar-refractivity contribution in [3.8, 4) is 5.75 Å². The Morgan fingerprint density at radius 3 is 2.37 bits per heavy atom. The van der Waals surface area contributed by atoms with Crippen molar-refractivity contribution in [2.24, 2.45) is 0 Å². The summed E-state index contributed by atoms with van der Waals surface area (Å²) < 4.78 is 5.59. The predicted octanol–water partition coefficient (Wildman–Crippen LogP) is 2.26. The molecule has 0 aromatic heterocycles. The Morgan fingerprint density at radius 2 is 1.84 bits per heavy atom. The summed E-state index contributed by atoms with van der Waals surface area (Å²) in [6.45, 7) is 8.95. The van der Waals surface area contributed by atoms with E-state index in [-0.39, 0.29) is 18.1 Å². The van der Waals surface area contributed by atoms with Gasteiger partial charge in [-0.25, -0.2) is 0 Å². The van der Waals surface area contributed by atoms with Gasteiger partial charge < -0.3 is 15.4 Å². The van der Waals surface area contributed by atoms with Gasteiger partial charge in [-0.15, -0.1) is 0 Å². The molecule has 2 N–H and O–H groups in total. The number of ether oxygens (including phenoxy) is 1. The van der Waals surface area contributed by atoms with Crippen LogP contribution in [-0.4, -0.2) is 25.1 Å². The van der Waals surface area contributed by atoms with Crippen LogP contribution in [0.4, 0.5) is 0 Å². The van der Waals surface area contributed by atoms with Gasteiger partial charge in [0.25, 0.3) is 0 Å². The van der Waals surface area contributed by atoms with E-state index in [0.29, 0.717) is 13.1 Å².